The summed E-state index contributed by atoms with van der Waals surface area (Å²) < 4.78 is 7.48. The van der Waals surface area contributed by atoms with E-state index in [0.717, 1.165) is 4.47 Å². The average molecular weight is 465 g/mol. The van der Waals surface area contributed by atoms with Gasteiger partial charge in [-0.1, -0.05) is 15.9 Å². The smallest absolute Gasteiger partial charge is 0.356 e. The maximum absolute atomic E-state index is 12.5. The van der Waals surface area contributed by atoms with Gasteiger partial charge in [0.05, 0.1) is 23.9 Å². The van der Waals surface area contributed by atoms with Gasteiger partial charge in [0.1, 0.15) is 0 Å². The van der Waals surface area contributed by atoms with Crippen LogP contribution in [0.15, 0.2) is 46.2 Å². The molecule has 0 bridgehead atoms. The monoisotopic (exact) mass is 464 g/mol. The van der Waals surface area contributed by atoms with E-state index in [-0.39, 0.29) is 23.0 Å². The summed E-state index contributed by atoms with van der Waals surface area (Å²) in [6.07, 6.45) is 1.57. The van der Waals surface area contributed by atoms with Crippen molar-refractivity contribution in [1.82, 2.24) is 20.4 Å². The molecule has 3 N–H and O–H groups in total. The number of hydrogen-bond donors (Lipinski definition) is 3. The molecule has 0 spiro atoms. The molecule has 3 rings (SSSR count). The summed E-state index contributed by atoms with van der Waals surface area (Å²) in [6.45, 7) is 3.58. The Labute approximate surface area is 174 Å². The maximum atomic E-state index is 12.5. The number of carboxylic acid groups (broad SMARTS) is 1. The van der Waals surface area contributed by atoms with E-state index in [2.05, 4.69) is 31.7 Å². The van der Waals surface area contributed by atoms with E-state index in [1.54, 1.807) is 32.2 Å². The van der Waals surface area contributed by atoms with Crippen molar-refractivity contribution in [3.05, 3.63) is 57.5 Å². The summed E-state index contributed by atoms with van der Waals surface area (Å²) >= 11 is 8.56. The number of aromatic carboxylic acids is 1. The molecule has 146 valence electrons. The first-order valence-electron chi connectivity index (χ1n) is 8.36. The third-order valence-electron chi connectivity index (χ3n) is 4.11. The van der Waals surface area contributed by atoms with Gasteiger partial charge in [-0.2, -0.15) is 5.10 Å². The van der Waals surface area contributed by atoms with E-state index in [1.165, 1.54) is 4.68 Å². The number of allylic oxidation sites excluding steroid dienone is 1. The fourth-order valence-corrected chi connectivity index (χ4v) is 3.43. The summed E-state index contributed by atoms with van der Waals surface area (Å²) in [4.78, 5) is 24.3. The molecule has 1 aliphatic rings. The number of aromatic nitrogens is 2. The van der Waals surface area contributed by atoms with Crippen molar-refractivity contribution < 1.29 is 19.4 Å². The quantitative estimate of drug-likeness (QED) is 0.458. The second kappa shape index (κ2) is 8.11. The van der Waals surface area contributed by atoms with E-state index in [4.69, 9.17) is 17.0 Å². The summed E-state index contributed by atoms with van der Waals surface area (Å²) in [7, 11) is 0. The number of nitrogens with zero attached hydrogens (tertiary/aromatic N) is 2. The van der Waals surface area contributed by atoms with Crippen molar-refractivity contribution in [2.45, 2.75) is 19.9 Å². The molecular formula is C18H17BrN4O4S. The predicted molar refractivity (Wildman–Crippen MR) is 109 cm³/mol. The van der Waals surface area contributed by atoms with E-state index in [1.807, 2.05) is 12.1 Å². The lowest BCUT2D eigenvalue weighted by atomic mass is 9.96. The molecule has 1 atom stereocenters. The van der Waals surface area contributed by atoms with E-state index in [9.17, 15) is 14.7 Å². The molecule has 0 amide bonds. The molecule has 0 radical (unpaired) electrons. The third kappa shape index (κ3) is 3.92. The number of nitrogens with one attached hydrogen (secondary N) is 2. The molecule has 1 aliphatic heterocycles. The number of hydrogen-bond acceptors (Lipinski definition) is 5. The summed E-state index contributed by atoms with van der Waals surface area (Å²) in [5.74, 6) is -1.77. The van der Waals surface area contributed by atoms with Crippen LogP contribution in [0.4, 0.5) is 0 Å². The Hall–Kier alpha value is -2.72. The minimum Gasteiger partial charge on any atom is -0.476 e. The number of carbonyl (C=O) groups excluding carboxylic acids is 1. The van der Waals surface area contributed by atoms with Crippen LogP contribution in [0, 0.1) is 0 Å². The van der Waals surface area contributed by atoms with Crippen molar-refractivity contribution in [2.24, 2.45) is 0 Å². The first-order chi connectivity index (χ1) is 13.3. The fraction of sp³-hybridized carbons (Fsp3) is 0.222. The second-order valence-corrected chi connectivity index (χ2v) is 7.27. The Balaban J connectivity index is 2.13. The Morgan fingerprint density at radius 1 is 1.36 bits per heavy atom. The molecule has 8 nitrogen and oxygen atoms in total. The Kier molecular flexibility index (Phi) is 5.80. The lowest BCUT2D eigenvalue weighted by Crippen LogP contribution is -2.45. The lowest BCUT2D eigenvalue weighted by molar-refractivity contribution is -0.139. The number of halogens is 1. The van der Waals surface area contributed by atoms with E-state index < -0.39 is 18.0 Å². The zero-order chi connectivity index (χ0) is 20.4. The number of esters is 1. The fourth-order valence-electron chi connectivity index (χ4n) is 2.90. The van der Waals surface area contributed by atoms with Gasteiger partial charge in [0.25, 0.3) is 0 Å². The van der Waals surface area contributed by atoms with Crippen LogP contribution in [-0.2, 0) is 9.53 Å². The highest BCUT2D eigenvalue weighted by Crippen LogP contribution is 2.30. The topological polar surface area (TPSA) is 105 Å². The summed E-state index contributed by atoms with van der Waals surface area (Å²) in [6, 6.07) is 6.43. The van der Waals surface area contributed by atoms with Gasteiger partial charge in [0.2, 0.25) is 0 Å². The lowest BCUT2D eigenvalue weighted by Gasteiger charge is -2.29. The summed E-state index contributed by atoms with van der Waals surface area (Å²) in [5.41, 5.74) is 1.56. The van der Waals surface area contributed by atoms with E-state index >= 15 is 0 Å². The Morgan fingerprint density at radius 3 is 2.64 bits per heavy atom. The molecule has 1 aromatic heterocycles. The van der Waals surface area contributed by atoms with Crippen LogP contribution in [0.3, 0.4) is 0 Å². The van der Waals surface area contributed by atoms with Crippen LogP contribution < -0.4 is 10.6 Å². The number of carboxylic acids is 1. The zero-order valence-corrected chi connectivity index (χ0v) is 17.4. The van der Waals surface area contributed by atoms with Crippen LogP contribution in [0.1, 0.15) is 35.9 Å². The largest absolute Gasteiger partial charge is 0.476 e. The first-order valence-corrected chi connectivity index (χ1v) is 9.56. The molecule has 1 aromatic carbocycles. The highest BCUT2D eigenvalue weighted by atomic mass is 79.9. The van der Waals surface area contributed by atoms with Gasteiger partial charge in [-0.3, -0.25) is 0 Å². The van der Waals surface area contributed by atoms with Crippen molar-refractivity contribution >= 4 is 45.2 Å². The standard InChI is InChI=1S/C18H17BrN4O4S/c1-3-27-17(26)13-9(2)20-18(28)21-14(13)12-8-23(22-15(12)16(24)25)11-6-4-10(19)5-7-11/h4-8,14H,3H2,1-2H3,(H,24,25)(H2,20,21,28). The van der Waals surface area contributed by atoms with Crippen LogP contribution in [-0.4, -0.2) is 38.5 Å². The molecule has 2 heterocycles. The highest BCUT2D eigenvalue weighted by molar-refractivity contribution is 9.10. The number of thiocarbonyl (C=S) groups is 1. The van der Waals surface area contributed by atoms with Gasteiger partial charge in [-0.05, 0) is 50.3 Å². The van der Waals surface area contributed by atoms with Gasteiger partial charge in [-0.25, -0.2) is 14.3 Å². The number of rotatable bonds is 5. The highest BCUT2D eigenvalue weighted by Gasteiger charge is 2.35. The van der Waals surface area contributed by atoms with Gasteiger partial charge in [-0.15, -0.1) is 0 Å². The maximum Gasteiger partial charge on any atom is 0.356 e. The second-order valence-electron chi connectivity index (χ2n) is 5.95. The Bertz CT molecular complexity index is 984. The minimum absolute atomic E-state index is 0.181. The molecule has 0 fully saturated rings. The van der Waals surface area contributed by atoms with Crippen LogP contribution in [0.25, 0.3) is 5.69 Å². The molecule has 0 aliphatic carbocycles. The van der Waals surface area contributed by atoms with Crippen LogP contribution in [0.2, 0.25) is 0 Å². The SMILES string of the molecule is CCOC(=O)C1=C(C)NC(=S)NC1c1cn(-c2ccc(Br)cc2)nc1C(=O)O. The molecule has 2 aromatic rings. The number of benzene rings is 1. The van der Waals surface area contributed by atoms with E-state index in [0.29, 0.717) is 16.9 Å². The number of ether oxygens (including phenoxy) is 1. The van der Waals surface area contributed by atoms with Crippen LogP contribution >= 0.6 is 28.1 Å². The van der Waals surface area contributed by atoms with Gasteiger partial charge in [0.15, 0.2) is 10.8 Å². The van der Waals surface area contributed by atoms with Crippen molar-refractivity contribution in [3.63, 3.8) is 0 Å². The van der Waals surface area contributed by atoms with Crippen molar-refractivity contribution in [3.8, 4) is 5.69 Å². The van der Waals surface area contributed by atoms with Gasteiger partial charge >= 0.3 is 11.9 Å². The zero-order valence-electron chi connectivity index (χ0n) is 15.0. The first kappa shape index (κ1) is 20.0. The molecular weight excluding hydrogens is 448 g/mol. The predicted octanol–water partition coefficient (Wildman–Crippen LogP) is 2.69. The third-order valence-corrected chi connectivity index (χ3v) is 4.86. The Morgan fingerprint density at radius 2 is 2.04 bits per heavy atom. The molecule has 1 unspecified atom stereocenters. The van der Waals surface area contributed by atoms with Crippen molar-refractivity contribution in [1.29, 1.82) is 0 Å². The minimum atomic E-state index is -1.21. The van der Waals surface area contributed by atoms with Crippen molar-refractivity contribution in [2.75, 3.05) is 6.61 Å². The molecule has 0 saturated carbocycles. The molecule has 0 saturated heterocycles. The van der Waals surface area contributed by atoms with Crippen LogP contribution in [0.5, 0.6) is 0 Å². The molecule has 28 heavy (non-hydrogen) atoms. The van der Waals surface area contributed by atoms with Gasteiger partial charge < -0.3 is 20.5 Å². The normalized spacial score (nSPS) is 16.4. The summed E-state index contributed by atoms with van der Waals surface area (Å²) in [5, 5.41) is 20.0. The number of carbonyl (C=O) groups is 2. The molecule has 10 heteroatoms. The average Bonchev–Trinajstić information content (AvgIpc) is 3.07. The van der Waals surface area contributed by atoms with Gasteiger partial charge in [0, 0.05) is 21.9 Å².